The van der Waals surface area contributed by atoms with Crippen molar-refractivity contribution in [3.63, 3.8) is 0 Å². The van der Waals surface area contributed by atoms with Gasteiger partial charge in [0, 0.05) is 21.8 Å². The van der Waals surface area contributed by atoms with Crippen LogP contribution in [-0.4, -0.2) is 4.98 Å². The van der Waals surface area contributed by atoms with Crippen LogP contribution < -0.4 is 0 Å². The molecule has 0 amide bonds. The quantitative estimate of drug-likeness (QED) is 0.556. The van der Waals surface area contributed by atoms with Crippen molar-refractivity contribution in [3.05, 3.63) is 53.5 Å². The maximum absolute atomic E-state index is 3.78. The zero-order chi connectivity index (χ0) is 9.64. The van der Waals surface area contributed by atoms with Gasteiger partial charge in [-0.15, -0.1) is 22.7 Å². The van der Waals surface area contributed by atoms with Crippen LogP contribution in [0, 0.1) is 0 Å². The van der Waals surface area contributed by atoms with Crippen LogP contribution in [0.4, 0.5) is 0 Å². The van der Waals surface area contributed by atoms with Gasteiger partial charge in [0.25, 0.3) is 0 Å². The van der Waals surface area contributed by atoms with Crippen LogP contribution in [0.15, 0.2) is 53.5 Å². The number of rotatable bonds is 0. The number of nitrogens with zero attached hydrogens (tertiary/aromatic N) is 1. The predicted molar refractivity (Wildman–Crippen MR) is 63.9 cm³/mol. The highest BCUT2D eigenvalue weighted by Crippen LogP contribution is 2.25. The fraction of sp³-hybridized carbons (Fsp3) is 0. The number of fused-ring (bicyclic) bond motifs is 1. The number of pyridine rings is 1. The normalized spacial score (nSPS) is 9.43. The van der Waals surface area contributed by atoms with E-state index in [0.717, 1.165) is 0 Å². The average molecular weight is 219 g/mol. The van der Waals surface area contributed by atoms with E-state index in [9.17, 15) is 0 Å². The van der Waals surface area contributed by atoms with E-state index < -0.39 is 0 Å². The van der Waals surface area contributed by atoms with Gasteiger partial charge >= 0.3 is 0 Å². The molecule has 3 aromatic rings. The molecule has 0 saturated heterocycles. The first-order valence-electron chi connectivity index (χ1n) is 4.22. The van der Waals surface area contributed by atoms with Crippen molar-refractivity contribution < 1.29 is 0 Å². The molecule has 0 saturated carbocycles. The fourth-order valence-electron chi connectivity index (χ4n) is 1.01. The van der Waals surface area contributed by atoms with Gasteiger partial charge in [0.2, 0.25) is 0 Å². The van der Waals surface area contributed by atoms with Gasteiger partial charge < -0.3 is 0 Å². The second-order valence-corrected chi connectivity index (χ2v) is 4.49. The smallest absolute Gasteiger partial charge is 0.0450 e. The van der Waals surface area contributed by atoms with Gasteiger partial charge in [0.05, 0.1) is 0 Å². The van der Waals surface area contributed by atoms with E-state index in [-0.39, 0.29) is 0 Å². The Hall–Kier alpha value is -1.19. The number of hydrogen-bond donors (Lipinski definition) is 0. The van der Waals surface area contributed by atoms with Crippen LogP contribution in [0.25, 0.3) is 9.40 Å². The summed E-state index contributed by atoms with van der Waals surface area (Å²) in [7, 11) is 0. The Bertz CT molecular complexity index is 392. The topological polar surface area (TPSA) is 12.9 Å². The Morgan fingerprint density at radius 1 is 0.786 bits per heavy atom. The summed E-state index contributed by atoms with van der Waals surface area (Å²) in [6.07, 6.45) is 3.50. The molecule has 0 fully saturated rings. The van der Waals surface area contributed by atoms with Gasteiger partial charge in [-0.3, -0.25) is 4.98 Å². The summed E-state index contributed by atoms with van der Waals surface area (Å²) in [5.41, 5.74) is 0. The van der Waals surface area contributed by atoms with E-state index in [0.29, 0.717) is 0 Å². The molecule has 0 spiro atoms. The van der Waals surface area contributed by atoms with Crippen molar-refractivity contribution in [2.24, 2.45) is 0 Å². The molecule has 1 nitrogen and oxygen atoms in total. The minimum absolute atomic E-state index is 1.41. The number of thiophene rings is 2. The Morgan fingerprint density at radius 3 is 1.71 bits per heavy atom. The molecule has 0 aliphatic carbocycles. The Morgan fingerprint density at radius 2 is 1.36 bits per heavy atom. The van der Waals surface area contributed by atoms with Crippen LogP contribution in [0.5, 0.6) is 0 Å². The van der Waals surface area contributed by atoms with Crippen molar-refractivity contribution in [2.75, 3.05) is 0 Å². The van der Waals surface area contributed by atoms with E-state index >= 15 is 0 Å². The molecule has 0 bridgehead atoms. The molecule has 0 aliphatic rings. The molecule has 70 valence electrons. The molecule has 0 aliphatic heterocycles. The maximum Gasteiger partial charge on any atom is 0.0450 e. The lowest BCUT2D eigenvalue weighted by atomic mass is 10.5. The Kier molecular flexibility index (Phi) is 3.27. The summed E-state index contributed by atoms with van der Waals surface area (Å²) in [6, 6.07) is 10.0. The molecule has 3 heterocycles. The van der Waals surface area contributed by atoms with Crippen LogP contribution in [0.2, 0.25) is 0 Å². The van der Waals surface area contributed by atoms with Crippen molar-refractivity contribution in [2.45, 2.75) is 0 Å². The van der Waals surface area contributed by atoms with Gasteiger partial charge in [0.15, 0.2) is 0 Å². The Labute approximate surface area is 90.7 Å². The van der Waals surface area contributed by atoms with Gasteiger partial charge in [0.1, 0.15) is 0 Å². The van der Waals surface area contributed by atoms with Crippen molar-refractivity contribution >= 4 is 32.1 Å². The number of aromatic nitrogens is 1. The van der Waals surface area contributed by atoms with Gasteiger partial charge in [-0.1, -0.05) is 6.07 Å². The predicted octanol–water partition coefficient (Wildman–Crippen LogP) is 4.04. The molecule has 0 atom stereocenters. The van der Waals surface area contributed by atoms with Gasteiger partial charge in [-0.05, 0) is 35.0 Å². The second-order valence-electron chi connectivity index (χ2n) is 2.59. The third-order valence-electron chi connectivity index (χ3n) is 1.64. The second kappa shape index (κ2) is 4.88. The summed E-state index contributed by atoms with van der Waals surface area (Å²) < 4.78 is 2.82. The first kappa shape index (κ1) is 9.37. The first-order chi connectivity index (χ1) is 6.97. The number of hydrogen-bond acceptors (Lipinski definition) is 3. The summed E-state index contributed by atoms with van der Waals surface area (Å²) in [5.74, 6) is 0. The fourth-order valence-corrected chi connectivity index (χ4v) is 2.83. The third kappa shape index (κ3) is 2.40. The standard InChI is InChI=1S/C6H4S2.C5H5N/c1-3-7-6-2-4-8-5(1)6;1-2-4-6-5-3-1/h1-4H;1-5H. The minimum atomic E-state index is 1.41. The lowest BCUT2D eigenvalue weighted by molar-refractivity contribution is 1.33. The Balaban J connectivity index is 0.000000112. The lowest BCUT2D eigenvalue weighted by Gasteiger charge is -1.70. The van der Waals surface area contributed by atoms with Gasteiger partial charge in [-0.25, -0.2) is 0 Å². The van der Waals surface area contributed by atoms with Crippen molar-refractivity contribution in [3.8, 4) is 0 Å². The molecule has 0 radical (unpaired) electrons. The highest BCUT2D eigenvalue weighted by Gasteiger charge is 1.90. The van der Waals surface area contributed by atoms with E-state index in [4.69, 9.17) is 0 Å². The monoisotopic (exact) mass is 219 g/mol. The van der Waals surface area contributed by atoms with E-state index in [1.807, 2.05) is 18.2 Å². The largest absolute Gasteiger partial charge is 0.265 e. The van der Waals surface area contributed by atoms with Crippen molar-refractivity contribution in [1.29, 1.82) is 0 Å². The van der Waals surface area contributed by atoms with Crippen LogP contribution in [-0.2, 0) is 0 Å². The zero-order valence-electron chi connectivity index (χ0n) is 7.46. The summed E-state index contributed by atoms with van der Waals surface area (Å²) >= 11 is 3.61. The molecule has 3 aromatic heterocycles. The van der Waals surface area contributed by atoms with Crippen LogP contribution in [0.3, 0.4) is 0 Å². The SMILES string of the molecule is c1cc2sccc2s1.c1ccncc1. The molecule has 0 N–H and O–H groups in total. The van der Waals surface area contributed by atoms with Crippen LogP contribution in [0.1, 0.15) is 0 Å². The lowest BCUT2D eigenvalue weighted by Crippen LogP contribution is -1.58. The first-order valence-corrected chi connectivity index (χ1v) is 5.98. The van der Waals surface area contributed by atoms with E-state index in [2.05, 4.69) is 27.9 Å². The van der Waals surface area contributed by atoms with Gasteiger partial charge in [-0.2, -0.15) is 0 Å². The minimum Gasteiger partial charge on any atom is -0.265 e. The third-order valence-corrected chi connectivity index (χ3v) is 3.53. The molecular weight excluding hydrogens is 210 g/mol. The molecule has 0 unspecified atom stereocenters. The summed E-state index contributed by atoms with van der Waals surface area (Å²) in [4.78, 5) is 3.78. The molecule has 3 heteroatoms. The summed E-state index contributed by atoms with van der Waals surface area (Å²) in [6.45, 7) is 0. The molecular formula is C11H9NS2. The maximum atomic E-state index is 3.78. The van der Waals surface area contributed by atoms with Crippen LogP contribution >= 0.6 is 22.7 Å². The zero-order valence-corrected chi connectivity index (χ0v) is 9.09. The highest BCUT2D eigenvalue weighted by atomic mass is 32.1. The van der Waals surface area contributed by atoms with Crippen molar-refractivity contribution in [1.82, 2.24) is 4.98 Å². The molecule has 0 aromatic carbocycles. The molecule has 3 rings (SSSR count). The average Bonchev–Trinajstić information content (AvgIpc) is 2.82. The summed E-state index contributed by atoms with van der Waals surface area (Å²) in [5, 5.41) is 4.25. The molecule has 14 heavy (non-hydrogen) atoms. The van der Waals surface area contributed by atoms with E-state index in [1.54, 1.807) is 35.1 Å². The van der Waals surface area contributed by atoms with E-state index in [1.165, 1.54) is 9.40 Å². The highest BCUT2D eigenvalue weighted by molar-refractivity contribution is 7.25.